The molecule has 7 aliphatic rings. The molecule has 7 rings (SSSR count). The predicted molar refractivity (Wildman–Crippen MR) is 81.1 cm³/mol. The van der Waals surface area contributed by atoms with Gasteiger partial charge in [-0.05, 0) is 112 Å². The third kappa shape index (κ3) is 1.39. The normalized spacial score (nSPS) is 63.2. The van der Waals surface area contributed by atoms with Gasteiger partial charge in [0, 0.05) is 1.37 Å². The van der Waals surface area contributed by atoms with Crippen molar-refractivity contribution in [3.8, 4) is 0 Å². The quantitative estimate of drug-likeness (QED) is 0.531. The van der Waals surface area contributed by atoms with E-state index in [4.69, 9.17) is 1.37 Å². The fourth-order valence-electron chi connectivity index (χ4n) is 7.92. The standard InChI is InChI=1S/C20H28/c1-11-5-17-7-12(1)8-18(6-11)20(17)19-10-15-3-13-2-14(15)9-16(19)4-13/h11-18H,1-10H2/t11?,12?,13-,14-,15+,16+,17?,18?/m0/s1/i15D. The van der Waals surface area contributed by atoms with Gasteiger partial charge in [-0.1, -0.05) is 11.1 Å². The molecular formula is C20H28. The zero-order valence-corrected chi connectivity index (χ0v) is 12.6. The van der Waals surface area contributed by atoms with Crippen molar-refractivity contribution in [1.29, 1.82) is 0 Å². The van der Waals surface area contributed by atoms with Crippen molar-refractivity contribution in [1.82, 2.24) is 0 Å². The van der Waals surface area contributed by atoms with Crippen molar-refractivity contribution in [2.45, 2.75) is 64.2 Å². The summed E-state index contributed by atoms with van der Waals surface area (Å²) in [5, 5.41) is 0. The molecule has 7 saturated carbocycles. The van der Waals surface area contributed by atoms with Crippen LogP contribution in [0.1, 0.15) is 65.6 Å². The van der Waals surface area contributed by atoms with E-state index in [1.165, 1.54) is 57.8 Å². The van der Waals surface area contributed by atoms with Gasteiger partial charge in [0.05, 0.1) is 0 Å². The van der Waals surface area contributed by atoms with Crippen LogP contribution in [0.2, 0.25) is 0 Å². The van der Waals surface area contributed by atoms with E-state index in [-0.39, 0.29) is 5.89 Å². The molecular weight excluding hydrogens is 240 g/mol. The lowest BCUT2D eigenvalue weighted by atomic mass is 9.52. The molecule has 0 heterocycles. The van der Waals surface area contributed by atoms with Gasteiger partial charge in [0.15, 0.2) is 0 Å². The van der Waals surface area contributed by atoms with E-state index in [1.807, 2.05) is 11.1 Å². The van der Waals surface area contributed by atoms with Crippen LogP contribution in [0.25, 0.3) is 0 Å². The molecule has 108 valence electrons. The molecule has 7 bridgehead atoms. The molecule has 0 saturated heterocycles. The second kappa shape index (κ2) is 3.73. The summed E-state index contributed by atoms with van der Waals surface area (Å²) in [5.41, 5.74) is 3.84. The van der Waals surface area contributed by atoms with E-state index in [0.717, 1.165) is 41.4 Å². The van der Waals surface area contributed by atoms with Gasteiger partial charge in [-0.3, -0.25) is 0 Å². The molecule has 0 spiro atoms. The Morgan fingerprint density at radius 3 is 2.05 bits per heavy atom. The minimum atomic E-state index is -0.0331. The summed E-state index contributed by atoms with van der Waals surface area (Å²) in [5.74, 6) is 6.67. The zero-order chi connectivity index (χ0) is 13.8. The largest absolute Gasteiger partial charge is 0.0670 e. The number of rotatable bonds is 0. The van der Waals surface area contributed by atoms with Gasteiger partial charge in [0.1, 0.15) is 0 Å². The van der Waals surface area contributed by atoms with Gasteiger partial charge in [0.25, 0.3) is 0 Å². The molecule has 0 heteroatoms. The molecule has 0 N–H and O–H groups in total. The molecule has 0 nitrogen and oxygen atoms in total. The first-order valence-electron chi connectivity index (χ1n) is 9.91. The highest BCUT2D eigenvalue weighted by Crippen LogP contribution is 2.62. The molecule has 0 amide bonds. The smallest absolute Gasteiger partial charge is 0.0309 e. The number of fused-ring (bicyclic) bond motifs is 2. The topological polar surface area (TPSA) is 0 Å². The average molecular weight is 269 g/mol. The van der Waals surface area contributed by atoms with Crippen molar-refractivity contribution >= 4 is 0 Å². The van der Waals surface area contributed by atoms with Crippen LogP contribution in [0.3, 0.4) is 0 Å². The highest BCUT2D eigenvalue weighted by molar-refractivity contribution is 5.31. The average Bonchev–Trinajstić information content (AvgIpc) is 2.58. The Morgan fingerprint density at radius 2 is 1.30 bits per heavy atom. The molecule has 0 aromatic heterocycles. The van der Waals surface area contributed by atoms with Crippen molar-refractivity contribution < 1.29 is 1.37 Å². The summed E-state index contributed by atoms with van der Waals surface area (Å²) in [6, 6.07) is 0. The maximum absolute atomic E-state index is 9.06. The van der Waals surface area contributed by atoms with Gasteiger partial charge in [0.2, 0.25) is 0 Å². The lowest BCUT2D eigenvalue weighted by molar-refractivity contribution is 0.0647. The van der Waals surface area contributed by atoms with E-state index < -0.39 is 0 Å². The van der Waals surface area contributed by atoms with Crippen molar-refractivity contribution in [2.75, 3.05) is 0 Å². The van der Waals surface area contributed by atoms with Crippen molar-refractivity contribution in [2.24, 2.45) is 47.3 Å². The molecule has 0 aromatic carbocycles. The summed E-state index contributed by atoms with van der Waals surface area (Å²) >= 11 is 0. The summed E-state index contributed by atoms with van der Waals surface area (Å²) in [6.07, 6.45) is 14.3. The second-order valence-electron chi connectivity index (χ2n) is 9.29. The third-order valence-electron chi connectivity index (χ3n) is 8.23. The predicted octanol–water partition coefficient (Wildman–Crippen LogP) is 5.20. The maximum Gasteiger partial charge on any atom is 0.0309 e. The van der Waals surface area contributed by atoms with E-state index in [0.29, 0.717) is 0 Å². The van der Waals surface area contributed by atoms with Crippen LogP contribution in [0, 0.1) is 47.3 Å². The van der Waals surface area contributed by atoms with E-state index >= 15 is 0 Å². The van der Waals surface area contributed by atoms with Crippen molar-refractivity contribution in [3.63, 3.8) is 0 Å². The van der Waals surface area contributed by atoms with Gasteiger partial charge in [-0.15, -0.1) is 0 Å². The number of allylic oxidation sites excluding steroid dienone is 2. The molecule has 7 aliphatic carbocycles. The Balaban J connectivity index is 1.45. The minimum absolute atomic E-state index is 0.0331. The summed E-state index contributed by atoms with van der Waals surface area (Å²) in [4.78, 5) is 0. The van der Waals surface area contributed by atoms with Gasteiger partial charge >= 0.3 is 0 Å². The Hall–Kier alpha value is -0.260. The summed E-state index contributed by atoms with van der Waals surface area (Å²) < 4.78 is 9.06. The highest BCUT2D eigenvalue weighted by Gasteiger charge is 2.51. The fourth-order valence-corrected chi connectivity index (χ4v) is 7.92. The minimum Gasteiger partial charge on any atom is -0.0670 e. The molecule has 4 atom stereocenters. The number of hydrogen-bond donors (Lipinski definition) is 0. The first-order valence-corrected chi connectivity index (χ1v) is 9.41. The van der Waals surface area contributed by atoms with Gasteiger partial charge in [-0.2, -0.15) is 0 Å². The van der Waals surface area contributed by atoms with Crippen LogP contribution in [-0.2, 0) is 0 Å². The first-order chi connectivity index (χ1) is 10.2. The molecule has 0 aliphatic heterocycles. The molecule has 7 fully saturated rings. The van der Waals surface area contributed by atoms with E-state index in [2.05, 4.69) is 0 Å². The molecule has 0 radical (unpaired) electrons. The monoisotopic (exact) mass is 269 g/mol. The Kier molecular flexibility index (Phi) is 1.95. The molecule has 20 heavy (non-hydrogen) atoms. The molecule has 0 unspecified atom stereocenters. The van der Waals surface area contributed by atoms with Crippen molar-refractivity contribution in [3.05, 3.63) is 11.1 Å². The van der Waals surface area contributed by atoms with Crippen LogP contribution in [0.4, 0.5) is 0 Å². The van der Waals surface area contributed by atoms with Crippen LogP contribution in [0.15, 0.2) is 11.1 Å². The Morgan fingerprint density at radius 1 is 0.650 bits per heavy atom. The lowest BCUT2D eigenvalue weighted by Gasteiger charge is -2.53. The summed E-state index contributed by atoms with van der Waals surface area (Å²) in [6.45, 7) is 0. The fraction of sp³-hybridized carbons (Fsp3) is 0.900. The van der Waals surface area contributed by atoms with Gasteiger partial charge in [-0.25, -0.2) is 0 Å². The number of hydrogen-bond acceptors (Lipinski definition) is 0. The Bertz CT molecular complexity index is 502. The maximum atomic E-state index is 9.06. The second-order valence-corrected chi connectivity index (χ2v) is 9.29. The molecule has 0 aromatic rings. The zero-order valence-electron chi connectivity index (χ0n) is 13.6. The van der Waals surface area contributed by atoms with Gasteiger partial charge < -0.3 is 0 Å². The van der Waals surface area contributed by atoms with Crippen LogP contribution in [-0.4, -0.2) is 0 Å². The van der Waals surface area contributed by atoms with E-state index in [9.17, 15) is 0 Å². The Labute approximate surface area is 124 Å². The van der Waals surface area contributed by atoms with Crippen LogP contribution < -0.4 is 0 Å². The van der Waals surface area contributed by atoms with Crippen LogP contribution >= 0.6 is 0 Å². The lowest BCUT2D eigenvalue weighted by Crippen LogP contribution is -2.42. The highest BCUT2D eigenvalue weighted by atomic mass is 14.6. The first kappa shape index (κ1) is 10.5. The SMILES string of the molecule is [2H][C@@]12CC(=C3C4CC5CC(C4)CC3C5)[C@@H]3C[C@@H](C[C@H]1C3)C2. The third-order valence-corrected chi connectivity index (χ3v) is 8.23. The van der Waals surface area contributed by atoms with E-state index in [1.54, 1.807) is 6.42 Å². The summed E-state index contributed by atoms with van der Waals surface area (Å²) in [7, 11) is 0. The van der Waals surface area contributed by atoms with Crippen LogP contribution in [0.5, 0.6) is 0 Å².